The molecule has 0 fully saturated rings. The molecule has 0 aliphatic carbocycles. The van der Waals surface area contributed by atoms with E-state index in [9.17, 15) is 14.4 Å². The van der Waals surface area contributed by atoms with Crippen molar-refractivity contribution in [2.24, 2.45) is 5.92 Å². The van der Waals surface area contributed by atoms with Gasteiger partial charge in [0.05, 0.1) is 13.7 Å². The molecule has 0 rings (SSSR count). The van der Waals surface area contributed by atoms with Crippen LogP contribution in [0.1, 0.15) is 27.2 Å². The zero-order chi connectivity index (χ0) is 14.1. The second kappa shape index (κ2) is 8.49. The quantitative estimate of drug-likeness (QED) is 0.626. The van der Waals surface area contributed by atoms with Crippen LogP contribution in [-0.4, -0.2) is 49.6 Å². The highest BCUT2D eigenvalue weighted by molar-refractivity contribution is 5.87. The Labute approximate surface area is 107 Å². The van der Waals surface area contributed by atoms with Crippen LogP contribution in [0, 0.1) is 5.92 Å². The molecule has 0 aromatic carbocycles. The molecule has 6 heteroatoms. The van der Waals surface area contributed by atoms with Crippen molar-refractivity contribution in [3.05, 3.63) is 0 Å². The van der Waals surface area contributed by atoms with Crippen LogP contribution >= 0.6 is 0 Å². The van der Waals surface area contributed by atoms with E-state index in [1.165, 1.54) is 7.11 Å². The predicted octanol–water partition coefficient (Wildman–Crippen LogP) is 0.597. The van der Waals surface area contributed by atoms with Gasteiger partial charge in [-0.3, -0.25) is 14.4 Å². The molecule has 0 radical (unpaired) electrons. The summed E-state index contributed by atoms with van der Waals surface area (Å²) in [5.74, 6) is -1.59. The van der Waals surface area contributed by atoms with E-state index in [0.29, 0.717) is 6.42 Å². The summed E-state index contributed by atoms with van der Waals surface area (Å²) in [4.78, 5) is 35.7. The van der Waals surface area contributed by atoms with Crippen molar-refractivity contribution in [2.75, 3.05) is 26.8 Å². The number of rotatable bonds is 7. The third kappa shape index (κ3) is 5.65. The van der Waals surface area contributed by atoms with Gasteiger partial charge in [0.1, 0.15) is 13.1 Å². The van der Waals surface area contributed by atoms with Crippen molar-refractivity contribution in [3.8, 4) is 0 Å². The van der Waals surface area contributed by atoms with Crippen LogP contribution in [0.2, 0.25) is 0 Å². The molecule has 0 spiro atoms. The molecule has 0 bridgehead atoms. The molecular formula is C12H21NO5. The van der Waals surface area contributed by atoms with Crippen molar-refractivity contribution < 1.29 is 23.9 Å². The molecule has 0 saturated heterocycles. The zero-order valence-electron chi connectivity index (χ0n) is 11.4. The minimum Gasteiger partial charge on any atom is -0.468 e. The minimum absolute atomic E-state index is 0.230. The van der Waals surface area contributed by atoms with Gasteiger partial charge in [-0.15, -0.1) is 0 Å². The van der Waals surface area contributed by atoms with Crippen molar-refractivity contribution in [3.63, 3.8) is 0 Å². The van der Waals surface area contributed by atoms with Gasteiger partial charge >= 0.3 is 11.9 Å². The van der Waals surface area contributed by atoms with E-state index in [1.54, 1.807) is 13.8 Å². The lowest BCUT2D eigenvalue weighted by atomic mass is 10.1. The van der Waals surface area contributed by atoms with Crippen LogP contribution in [0.15, 0.2) is 0 Å². The van der Waals surface area contributed by atoms with E-state index in [2.05, 4.69) is 4.74 Å². The van der Waals surface area contributed by atoms with Gasteiger partial charge in [0.15, 0.2) is 0 Å². The number of hydrogen-bond acceptors (Lipinski definition) is 5. The highest BCUT2D eigenvalue weighted by atomic mass is 16.5. The van der Waals surface area contributed by atoms with Gasteiger partial charge in [-0.05, 0) is 13.3 Å². The lowest BCUT2D eigenvalue weighted by Gasteiger charge is -2.23. The molecule has 0 aromatic rings. The minimum atomic E-state index is -0.559. The van der Waals surface area contributed by atoms with E-state index >= 15 is 0 Å². The van der Waals surface area contributed by atoms with E-state index in [1.807, 2.05) is 6.92 Å². The molecule has 18 heavy (non-hydrogen) atoms. The SMILES string of the molecule is CCOC(=O)CN(CC(=O)OC)C(=O)C(C)CC. The summed E-state index contributed by atoms with van der Waals surface area (Å²) in [7, 11) is 1.23. The number of carbonyl (C=O) groups excluding carboxylic acids is 3. The Balaban J connectivity index is 4.65. The maximum Gasteiger partial charge on any atom is 0.325 e. The van der Waals surface area contributed by atoms with Crippen molar-refractivity contribution in [1.29, 1.82) is 0 Å². The molecular weight excluding hydrogens is 238 g/mol. The second-order valence-electron chi connectivity index (χ2n) is 3.88. The molecule has 0 aliphatic rings. The third-order valence-corrected chi connectivity index (χ3v) is 2.52. The third-order valence-electron chi connectivity index (χ3n) is 2.52. The zero-order valence-corrected chi connectivity index (χ0v) is 11.4. The molecule has 1 amide bonds. The molecule has 1 unspecified atom stereocenters. The van der Waals surface area contributed by atoms with Crippen LogP contribution < -0.4 is 0 Å². The molecule has 0 aliphatic heterocycles. The Bertz CT molecular complexity index is 303. The predicted molar refractivity (Wildman–Crippen MR) is 64.7 cm³/mol. The van der Waals surface area contributed by atoms with Gasteiger partial charge < -0.3 is 14.4 Å². The van der Waals surface area contributed by atoms with Gasteiger partial charge in [-0.2, -0.15) is 0 Å². The number of hydrogen-bond donors (Lipinski definition) is 0. The van der Waals surface area contributed by atoms with Crippen LogP contribution in [0.4, 0.5) is 0 Å². The Morgan fingerprint density at radius 3 is 2.11 bits per heavy atom. The maximum absolute atomic E-state index is 12.0. The molecule has 0 heterocycles. The summed E-state index contributed by atoms with van der Waals surface area (Å²) in [5, 5.41) is 0. The fourth-order valence-electron chi connectivity index (χ4n) is 1.28. The van der Waals surface area contributed by atoms with Gasteiger partial charge in [0.2, 0.25) is 5.91 Å². The van der Waals surface area contributed by atoms with Crippen LogP contribution in [-0.2, 0) is 23.9 Å². The molecule has 1 atom stereocenters. The summed E-state index contributed by atoms with van der Waals surface area (Å²) >= 11 is 0. The summed E-state index contributed by atoms with van der Waals surface area (Å²) in [5.41, 5.74) is 0. The topological polar surface area (TPSA) is 72.9 Å². The fourth-order valence-corrected chi connectivity index (χ4v) is 1.28. The van der Waals surface area contributed by atoms with Crippen molar-refractivity contribution >= 4 is 17.8 Å². The number of carbonyl (C=O) groups is 3. The molecule has 104 valence electrons. The van der Waals surface area contributed by atoms with Crippen LogP contribution in [0.25, 0.3) is 0 Å². The largest absolute Gasteiger partial charge is 0.468 e. The lowest BCUT2D eigenvalue weighted by Crippen LogP contribution is -2.42. The molecule has 0 aromatic heterocycles. The summed E-state index contributed by atoms with van der Waals surface area (Å²) < 4.78 is 9.27. The molecule has 0 saturated carbocycles. The van der Waals surface area contributed by atoms with E-state index in [0.717, 1.165) is 4.90 Å². The monoisotopic (exact) mass is 259 g/mol. The van der Waals surface area contributed by atoms with Gasteiger partial charge in [0, 0.05) is 5.92 Å². The number of ether oxygens (including phenoxy) is 2. The highest BCUT2D eigenvalue weighted by Gasteiger charge is 2.24. The summed E-state index contributed by atoms with van der Waals surface area (Å²) in [6.45, 7) is 5.06. The number of methoxy groups -OCH3 is 1. The Morgan fingerprint density at radius 2 is 1.67 bits per heavy atom. The van der Waals surface area contributed by atoms with Gasteiger partial charge in [0.25, 0.3) is 0 Å². The number of amides is 1. The average molecular weight is 259 g/mol. The normalized spacial score (nSPS) is 11.6. The van der Waals surface area contributed by atoms with Gasteiger partial charge in [-0.1, -0.05) is 13.8 Å². The smallest absolute Gasteiger partial charge is 0.325 e. The van der Waals surface area contributed by atoms with Crippen LogP contribution in [0.3, 0.4) is 0 Å². The number of esters is 2. The first-order valence-electron chi connectivity index (χ1n) is 5.97. The highest BCUT2D eigenvalue weighted by Crippen LogP contribution is 2.07. The maximum atomic E-state index is 12.0. The van der Waals surface area contributed by atoms with Crippen molar-refractivity contribution in [1.82, 2.24) is 4.90 Å². The summed E-state index contributed by atoms with van der Waals surface area (Å²) in [6.07, 6.45) is 0.638. The lowest BCUT2D eigenvalue weighted by molar-refractivity contribution is -0.154. The second-order valence-corrected chi connectivity index (χ2v) is 3.88. The molecule has 6 nitrogen and oxygen atoms in total. The average Bonchev–Trinajstić information content (AvgIpc) is 2.36. The van der Waals surface area contributed by atoms with E-state index in [4.69, 9.17) is 4.74 Å². The standard InChI is InChI=1S/C12H21NO5/c1-5-9(3)12(16)13(7-10(14)17-4)8-11(15)18-6-2/h9H,5-8H2,1-4H3. The first kappa shape index (κ1) is 16.4. The Kier molecular flexibility index (Phi) is 7.74. The van der Waals surface area contributed by atoms with Crippen molar-refractivity contribution in [2.45, 2.75) is 27.2 Å². The Hall–Kier alpha value is -1.59. The van der Waals surface area contributed by atoms with E-state index < -0.39 is 11.9 Å². The first-order valence-corrected chi connectivity index (χ1v) is 5.97. The number of nitrogens with zero attached hydrogens (tertiary/aromatic N) is 1. The molecule has 0 N–H and O–H groups in total. The van der Waals surface area contributed by atoms with E-state index in [-0.39, 0.29) is 31.5 Å². The summed E-state index contributed by atoms with van der Waals surface area (Å²) in [6, 6.07) is 0. The van der Waals surface area contributed by atoms with Gasteiger partial charge in [-0.25, -0.2) is 0 Å². The Morgan fingerprint density at radius 1 is 1.11 bits per heavy atom. The van der Waals surface area contributed by atoms with Crippen LogP contribution in [0.5, 0.6) is 0 Å². The first-order chi connectivity index (χ1) is 8.46. The fraction of sp³-hybridized carbons (Fsp3) is 0.750.